The number of urea groups is 1. The van der Waals surface area contributed by atoms with Gasteiger partial charge in [-0.2, -0.15) is 0 Å². The van der Waals surface area contributed by atoms with Crippen molar-refractivity contribution < 1.29 is 28.7 Å². The number of anilines is 1. The Morgan fingerprint density at radius 1 is 1.00 bits per heavy atom. The van der Waals surface area contributed by atoms with Gasteiger partial charge in [0.2, 0.25) is 0 Å². The highest BCUT2D eigenvalue weighted by molar-refractivity contribution is 6.35. The fourth-order valence-corrected chi connectivity index (χ4v) is 4.11. The highest BCUT2D eigenvalue weighted by atomic mass is 35.5. The molecule has 34 heavy (non-hydrogen) atoms. The summed E-state index contributed by atoms with van der Waals surface area (Å²) in [7, 11) is 0. The van der Waals surface area contributed by atoms with Gasteiger partial charge < -0.3 is 10.1 Å². The minimum Gasteiger partial charge on any atom is -0.449 e. The number of amides is 5. The third-order valence-electron chi connectivity index (χ3n) is 5.79. The van der Waals surface area contributed by atoms with Gasteiger partial charge in [-0.25, -0.2) is 14.5 Å². The van der Waals surface area contributed by atoms with Crippen LogP contribution in [-0.2, 0) is 9.53 Å². The van der Waals surface area contributed by atoms with E-state index >= 15 is 0 Å². The second-order valence-electron chi connectivity index (χ2n) is 8.17. The number of hydrogen-bond donors (Lipinski definition) is 2. The molecule has 0 aromatic heterocycles. The Bertz CT molecular complexity index is 1170. The number of halogens is 1. The molecule has 5 amide bonds. The molecule has 1 heterocycles. The first-order chi connectivity index (χ1) is 16.2. The quantitative estimate of drug-likeness (QED) is 0.496. The zero-order valence-electron chi connectivity index (χ0n) is 18.3. The molecule has 1 aliphatic heterocycles. The second-order valence-corrected chi connectivity index (χ2v) is 8.61. The molecule has 0 radical (unpaired) electrons. The minimum atomic E-state index is -1.25. The highest BCUT2D eigenvalue weighted by Crippen LogP contribution is 2.30. The van der Waals surface area contributed by atoms with E-state index in [1.165, 1.54) is 25.1 Å². The third kappa shape index (κ3) is 4.79. The molecule has 4 rings (SSSR count). The maximum absolute atomic E-state index is 12.9. The summed E-state index contributed by atoms with van der Waals surface area (Å²) >= 11 is 5.87. The molecule has 1 saturated carbocycles. The fourth-order valence-electron chi connectivity index (χ4n) is 3.98. The van der Waals surface area contributed by atoms with Crippen LogP contribution >= 0.6 is 11.6 Å². The van der Waals surface area contributed by atoms with Crippen LogP contribution in [-0.4, -0.2) is 41.9 Å². The summed E-state index contributed by atoms with van der Waals surface area (Å²) in [5.74, 6) is -2.76. The molecular weight excluding hydrogens is 462 g/mol. The molecule has 1 fully saturated rings. The van der Waals surface area contributed by atoms with Crippen LogP contribution in [0.15, 0.2) is 42.5 Å². The van der Waals surface area contributed by atoms with Crippen molar-refractivity contribution in [1.29, 1.82) is 0 Å². The maximum Gasteiger partial charge on any atom is 0.338 e. The zero-order chi connectivity index (χ0) is 24.4. The summed E-state index contributed by atoms with van der Waals surface area (Å²) in [5.41, 5.74) is 0.530. The lowest BCUT2D eigenvalue weighted by Crippen LogP contribution is -2.47. The van der Waals surface area contributed by atoms with E-state index in [0.29, 0.717) is 10.7 Å². The molecule has 176 valence electrons. The molecule has 1 aliphatic carbocycles. The van der Waals surface area contributed by atoms with Crippen molar-refractivity contribution >= 4 is 47.0 Å². The SMILES string of the molecule is CC(OC(=O)c1ccc2c(c1)C(=O)N(c1ccc(Cl)cc1)C2=O)C(=O)NC(=O)NC1CCCC1. The number of hydrogen-bond acceptors (Lipinski definition) is 6. The fraction of sp³-hybridized carbons (Fsp3) is 0.292. The average Bonchev–Trinajstić information content (AvgIpc) is 3.40. The molecule has 0 spiro atoms. The first-order valence-electron chi connectivity index (χ1n) is 10.9. The largest absolute Gasteiger partial charge is 0.449 e. The molecule has 2 aliphatic rings. The van der Waals surface area contributed by atoms with Crippen LogP contribution in [0.1, 0.15) is 63.7 Å². The van der Waals surface area contributed by atoms with E-state index in [0.717, 1.165) is 30.6 Å². The van der Waals surface area contributed by atoms with Crippen molar-refractivity contribution in [2.45, 2.75) is 44.8 Å². The van der Waals surface area contributed by atoms with Crippen LogP contribution in [0.4, 0.5) is 10.5 Å². The standard InChI is InChI=1S/C24H22ClN3O6/c1-13(20(29)27-24(33)26-16-4-2-3-5-16)34-23(32)14-6-11-18-19(12-14)22(31)28(21(18)30)17-9-7-15(25)8-10-17/h6-13,16H,2-5H2,1H3,(H2,26,27,29,33). The van der Waals surface area contributed by atoms with E-state index in [9.17, 15) is 24.0 Å². The van der Waals surface area contributed by atoms with Crippen LogP contribution < -0.4 is 15.5 Å². The molecule has 10 heteroatoms. The van der Waals surface area contributed by atoms with Gasteiger partial charge in [0.25, 0.3) is 17.7 Å². The Kier molecular flexibility index (Phi) is 6.65. The molecular formula is C24H22ClN3O6. The Hall–Kier alpha value is -3.72. The monoisotopic (exact) mass is 483 g/mol. The number of ether oxygens (including phenoxy) is 1. The van der Waals surface area contributed by atoms with Crippen molar-refractivity contribution in [3.63, 3.8) is 0 Å². The summed E-state index contributed by atoms with van der Waals surface area (Å²) in [6.07, 6.45) is 2.53. The van der Waals surface area contributed by atoms with E-state index in [-0.39, 0.29) is 22.7 Å². The number of benzene rings is 2. The summed E-state index contributed by atoms with van der Waals surface area (Å²) in [5, 5.41) is 5.34. The number of carbonyl (C=O) groups excluding carboxylic acids is 5. The van der Waals surface area contributed by atoms with Crippen LogP contribution in [0.5, 0.6) is 0 Å². The Morgan fingerprint density at radius 3 is 2.32 bits per heavy atom. The lowest BCUT2D eigenvalue weighted by atomic mass is 10.1. The number of nitrogens with zero attached hydrogens (tertiary/aromatic N) is 1. The molecule has 2 N–H and O–H groups in total. The van der Waals surface area contributed by atoms with Crippen molar-refractivity contribution in [1.82, 2.24) is 10.6 Å². The van der Waals surface area contributed by atoms with Crippen LogP contribution in [0.2, 0.25) is 5.02 Å². The highest BCUT2D eigenvalue weighted by Gasteiger charge is 2.37. The smallest absolute Gasteiger partial charge is 0.338 e. The van der Waals surface area contributed by atoms with E-state index < -0.39 is 35.8 Å². The first kappa shape index (κ1) is 23.4. The molecule has 0 saturated heterocycles. The summed E-state index contributed by atoms with van der Waals surface area (Å²) in [4.78, 5) is 63.4. The van der Waals surface area contributed by atoms with Gasteiger partial charge in [0.1, 0.15) is 0 Å². The average molecular weight is 484 g/mol. The van der Waals surface area contributed by atoms with Gasteiger partial charge in [-0.3, -0.25) is 19.7 Å². The van der Waals surface area contributed by atoms with Crippen LogP contribution in [0.25, 0.3) is 0 Å². The molecule has 9 nitrogen and oxygen atoms in total. The van der Waals surface area contributed by atoms with Gasteiger partial charge in [-0.05, 0) is 62.2 Å². The molecule has 1 unspecified atom stereocenters. The van der Waals surface area contributed by atoms with Gasteiger partial charge in [0, 0.05) is 11.1 Å². The zero-order valence-corrected chi connectivity index (χ0v) is 19.1. The van der Waals surface area contributed by atoms with Gasteiger partial charge in [-0.15, -0.1) is 0 Å². The van der Waals surface area contributed by atoms with E-state index in [4.69, 9.17) is 16.3 Å². The number of fused-ring (bicyclic) bond motifs is 1. The third-order valence-corrected chi connectivity index (χ3v) is 6.04. The number of carbonyl (C=O) groups is 5. The normalized spacial score (nSPS) is 16.2. The van der Waals surface area contributed by atoms with Crippen LogP contribution in [0.3, 0.4) is 0 Å². The second kappa shape index (κ2) is 9.64. The van der Waals surface area contributed by atoms with E-state index in [1.807, 2.05) is 0 Å². The Balaban J connectivity index is 1.41. The first-order valence-corrected chi connectivity index (χ1v) is 11.2. The Labute approximate surface area is 200 Å². The van der Waals surface area contributed by atoms with Crippen molar-refractivity contribution in [3.05, 3.63) is 64.2 Å². The van der Waals surface area contributed by atoms with Crippen LogP contribution in [0, 0.1) is 0 Å². The number of nitrogens with one attached hydrogen (secondary N) is 2. The van der Waals surface area contributed by atoms with Gasteiger partial charge >= 0.3 is 12.0 Å². The number of imide groups is 2. The van der Waals surface area contributed by atoms with Gasteiger partial charge in [0.05, 0.1) is 22.4 Å². The summed E-state index contributed by atoms with van der Waals surface area (Å²) < 4.78 is 5.16. The Morgan fingerprint density at radius 2 is 1.65 bits per heavy atom. The number of rotatable bonds is 5. The molecule has 2 aromatic rings. The van der Waals surface area contributed by atoms with Crippen molar-refractivity contribution in [2.24, 2.45) is 0 Å². The molecule has 1 atom stereocenters. The summed E-state index contributed by atoms with van der Waals surface area (Å²) in [6, 6.07) is 9.56. The lowest BCUT2D eigenvalue weighted by molar-refractivity contribution is -0.127. The predicted octanol–water partition coefficient (Wildman–Crippen LogP) is 3.45. The molecule has 2 aromatic carbocycles. The van der Waals surface area contributed by atoms with Gasteiger partial charge in [0.15, 0.2) is 6.10 Å². The predicted molar refractivity (Wildman–Crippen MR) is 123 cm³/mol. The lowest BCUT2D eigenvalue weighted by Gasteiger charge is -2.15. The van der Waals surface area contributed by atoms with Gasteiger partial charge in [-0.1, -0.05) is 24.4 Å². The van der Waals surface area contributed by atoms with E-state index in [1.54, 1.807) is 24.3 Å². The van der Waals surface area contributed by atoms with Crippen molar-refractivity contribution in [2.75, 3.05) is 4.90 Å². The minimum absolute atomic E-state index is 0.00656. The molecule has 0 bridgehead atoms. The van der Waals surface area contributed by atoms with E-state index in [2.05, 4.69) is 10.6 Å². The summed E-state index contributed by atoms with van der Waals surface area (Å²) in [6.45, 7) is 1.33. The maximum atomic E-state index is 12.9. The topological polar surface area (TPSA) is 122 Å². The van der Waals surface area contributed by atoms with Crippen molar-refractivity contribution in [3.8, 4) is 0 Å². The number of esters is 1.